The molecule has 0 spiro atoms. The molecule has 0 N–H and O–H groups in total. The fourth-order valence-corrected chi connectivity index (χ4v) is 3.93. The number of nitrogens with zero attached hydrogens (tertiary/aromatic N) is 3. The Morgan fingerprint density at radius 3 is 2.66 bits per heavy atom. The largest absolute Gasteiger partial charge is 0.497 e. The first-order chi connectivity index (χ1) is 14.2. The van der Waals surface area contributed by atoms with E-state index in [0.717, 1.165) is 42.0 Å². The zero-order valence-electron chi connectivity index (χ0n) is 16.7. The number of hydrogen-bond donors (Lipinski definition) is 0. The fraction of sp³-hybridized carbons (Fsp3) is 0.304. The van der Waals surface area contributed by atoms with Crippen LogP contribution in [0.2, 0.25) is 0 Å². The Morgan fingerprint density at radius 1 is 1.14 bits per heavy atom. The van der Waals surface area contributed by atoms with Crippen molar-refractivity contribution in [2.75, 3.05) is 20.8 Å². The van der Waals surface area contributed by atoms with Gasteiger partial charge in [0.15, 0.2) is 0 Å². The monoisotopic (exact) mass is 391 g/mol. The Labute approximate surface area is 170 Å². The van der Waals surface area contributed by atoms with Crippen molar-refractivity contribution < 1.29 is 14.3 Å². The molecule has 1 aromatic heterocycles. The minimum Gasteiger partial charge on any atom is -0.497 e. The van der Waals surface area contributed by atoms with E-state index in [1.54, 1.807) is 20.4 Å². The number of methoxy groups -OCH3 is 2. The smallest absolute Gasteiger partial charge is 0.254 e. The standard InChI is InChI=1S/C23H25N3O3/c1-28-19-10-11-22(29-2)20(15-19)21-5-3-14-26(21)23(27)18-8-6-17(7-9-18)16-25-13-4-12-24-25/h4,6-13,15,21H,3,5,14,16H2,1-2H3. The number of aromatic nitrogens is 2. The van der Waals surface area contributed by atoms with Crippen LogP contribution in [-0.2, 0) is 6.54 Å². The zero-order valence-corrected chi connectivity index (χ0v) is 16.7. The molecule has 0 radical (unpaired) electrons. The predicted octanol–water partition coefficient (Wildman–Crippen LogP) is 3.93. The maximum atomic E-state index is 13.2. The van der Waals surface area contributed by atoms with Crippen LogP contribution < -0.4 is 9.47 Å². The summed E-state index contributed by atoms with van der Waals surface area (Å²) in [6, 6.07) is 15.4. The number of likely N-dealkylation sites (tertiary alicyclic amines) is 1. The number of hydrogen-bond acceptors (Lipinski definition) is 4. The van der Waals surface area contributed by atoms with Crippen molar-refractivity contribution >= 4 is 5.91 Å². The van der Waals surface area contributed by atoms with E-state index in [1.807, 2.05) is 64.3 Å². The molecule has 1 aliphatic rings. The highest BCUT2D eigenvalue weighted by Gasteiger charge is 2.32. The normalized spacial score (nSPS) is 16.1. The lowest BCUT2D eigenvalue weighted by molar-refractivity contribution is 0.0734. The number of rotatable bonds is 6. The van der Waals surface area contributed by atoms with E-state index >= 15 is 0 Å². The summed E-state index contributed by atoms with van der Waals surface area (Å²) in [6.45, 7) is 1.42. The Balaban J connectivity index is 1.55. The summed E-state index contributed by atoms with van der Waals surface area (Å²) in [5.74, 6) is 1.59. The molecule has 0 saturated carbocycles. The van der Waals surface area contributed by atoms with E-state index in [-0.39, 0.29) is 11.9 Å². The predicted molar refractivity (Wildman–Crippen MR) is 110 cm³/mol. The van der Waals surface area contributed by atoms with Gasteiger partial charge in [0.05, 0.1) is 26.8 Å². The topological polar surface area (TPSA) is 56.6 Å². The van der Waals surface area contributed by atoms with Gasteiger partial charge in [-0.25, -0.2) is 0 Å². The van der Waals surface area contributed by atoms with Crippen molar-refractivity contribution in [3.63, 3.8) is 0 Å². The Morgan fingerprint density at radius 2 is 1.97 bits per heavy atom. The summed E-state index contributed by atoms with van der Waals surface area (Å²) in [4.78, 5) is 15.2. The van der Waals surface area contributed by atoms with Crippen molar-refractivity contribution in [1.29, 1.82) is 0 Å². The lowest BCUT2D eigenvalue weighted by atomic mass is 10.0. The number of amides is 1. The third-order valence-electron chi connectivity index (χ3n) is 5.41. The highest BCUT2D eigenvalue weighted by atomic mass is 16.5. The van der Waals surface area contributed by atoms with Gasteiger partial charge in [0.1, 0.15) is 11.5 Å². The van der Waals surface area contributed by atoms with Crippen LogP contribution in [-0.4, -0.2) is 41.4 Å². The molecule has 1 unspecified atom stereocenters. The van der Waals surface area contributed by atoms with Gasteiger partial charge in [-0.1, -0.05) is 12.1 Å². The van der Waals surface area contributed by atoms with Crippen LogP contribution in [0.4, 0.5) is 0 Å². The maximum Gasteiger partial charge on any atom is 0.254 e. The molecule has 2 aromatic carbocycles. The molecular formula is C23H25N3O3. The molecule has 1 aliphatic heterocycles. The van der Waals surface area contributed by atoms with E-state index in [0.29, 0.717) is 12.1 Å². The van der Waals surface area contributed by atoms with Gasteiger partial charge in [-0.15, -0.1) is 0 Å². The van der Waals surface area contributed by atoms with E-state index in [4.69, 9.17) is 9.47 Å². The molecule has 1 atom stereocenters. The molecule has 4 rings (SSSR count). The Hall–Kier alpha value is -3.28. The molecule has 6 nitrogen and oxygen atoms in total. The molecule has 6 heteroatoms. The van der Waals surface area contributed by atoms with Crippen LogP contribution in [0, 0.1) is 0 Å². The van der Waals surface area contributed by atoms with Gasteiger partial charge in [-0.05, 0) is 54.8 Å². The first-order valence-corrected chi connectivity index (χ1v) is 9.79. The summed E-state index contributed by atoms with van der Waals surface area (Å²) in [6.07, 6.45) is 5.56. The van der Waals surface area contributed by atoms with Gasteiger partial charge in [-0.2, -0.15) is 5.10 Å². The van der Waals surface area contributed by atoms with Gasteiger partial charge in [0, 0.05) is 30.1 Å². The van der Waals surface area contributed by atoms with E-state index in [9.17, 15) is 4.79 Å². The lowest BCUT2D eigenvalue weighted by Crippen LogP contribution is -2.30. The molecule has 1 amide bonds. The number of carbonyl (C=O) groups excluding carboxylic acids is 1. The van der Waals surface area contributed by atoms with Crippen molar-refractivity contribution in [2.24, 2.45) is 0 Å². The molecule has 1 saturated heterocycles. The van der Waals surface area contributed by atoms with Crippen molar-refractivity contribution in [3.05, 3.63) is 77.6 Å². The average Bonchev–Trinajstić information content (AvgIpc) is 3.45. The molecule has 29 heavy (non-hydrogen) atoms. The van der Waals surface area contributed by atoms with Gasteiger partial charge in [0.25, 0.3) is 5.91 Å². The average molecular weight is 391 g/mol. The van der Waals surface area contributed by atoms with Crippen molar-refractivity contribution in [3.8, 4) is 11.5 Å². The minimum absolute atomic E-state index is 0.0173. The second kappa shape index (κ2) is 8.39. The lowest BCUT2D eigenvalue weighted by Gasteiger charge is -2.27. The SMILES string of the molecule is COc1ccc(OC)c(C2CCCN2C(=O)c2ccc(Cn3cccn3)cc2)c1. The Kier molecular flexibility index (Phi) is 5.51. The van der Waals surface area contributed by atoms with Crippen LogP contribution in [0.5, 0.6) is 11.5 Å². The van der Waals surface area contributed by atoms with Crippen LogP contribution >= 0.6 is 0 Å². The summed E-state index contributed by atoms with van der Waals surface area (Å²) in [7, 11) is 3.30. The summed E-state index contributed by atoms with van der Waals surface area (Å²) in [5, 5.41) is 4.23. The van der Waals surface area contributed by atoms with E-state index in [1.165, 1.54) is 0 Å². The van der Waals surface area contributed by atoms with E-state index < -0.39 is 0 Å². The minimum atomic E-state index is -0.0173. The highest BCUT2D eigenvalue weighted by Crippen LogP contribution is 2.39. The quantitative estimate of drug-likeness (QED) is 0.639. The van der Waals surface area contributed by atoms with Crippen molar-refractivity contribution in [2.45, 2.75) is 25.4 Å². The van der Waals surface area contributed by atoms with Crippen LogP contribution in [0.3, 0.4) is 0 Å². The molecule has 150 valence electrons. The maximum absolute atomic E-state index is 13.2. The van der Waals surface area contributed by atoms with E-state index in [2.05, 4.69) is 5.10 Å². The number of benzene rings is 2. The zero-order chi connectivity index (χ0) is 20.2. The third-order valence-corrected chi connectivity index (χ3v) is 5.41. The molecule has 3 aromatic rings. The second-order valence-corrected chi connectivity index (χ2v) is 7.17. The van der Waals surface area contributed by atoms with Crippen LogP contribution in [0.15, 0.2) is 60.9 Å². The van der Waals surface area contributed by atoms with Crippen LogP contribution in [0.25, 0.3) is 0 Å². The van der Waals surface area contributed by atoms with Gasteiger partial charge in [-0.3, -0.25) is 9.48 Å². The van der Waals surface area contributed by atoms with Gasteiger partial charge in [0.2, 0.25) is 0 Å². The second-order valence-electron chi connectivity index (χ2n) is 7.17. The summed E-state index contributed by atoms with van der Waals surface area (Å²) < 4.78 is 12.8. The summed E-state index contributed by atoms with van der Waals surface area (Å²) in [5.41, 5.74) is 2.80. The molecule has 1 fully saturated rings. The summed E-state index contributed by atoms with van der Waals surface area (Å²) >= 11 is 0. The van der Waals surface area contributed by atoms with Gasteiger partial charge < -0.3 is 14.4 Å². The first kappa shape index (κ1) is 19.1. The van der Waals surface area contributed by atoms with Crippen molar-refractivity contribution in [1.82, 2.24) is 14.7 Å². The fourth-order valence-electron chi connectivity index (χ4n) is 3.93. The Bertz CT molecular complexity index is 968. The first-order valence-electron chi connectivity index (χ1n) is 9.79. The molecule has 2 heterocycles. The molecule has 0 aliphatic carbocycles. The number of carbonyl (C=O) groups is 1. The van der Waals surface area contributed by atoms with Crippen LogP contribution in [0.1, 0.15) is 40.4 Å². The molecular weight excluding hydrogens is 366 g/mol. The highest BCUT2D eigenvalue weighted by molar-refractivity contribution is 5.94. The third kappa shape index (κ3) is 3.97. The van der Waals surface area contributed by atoms with Gasteiger partial charge >= 0.3 is 0 Å². The number of ether oxygens (including phenoxy) is 2. The molecule has 0 bridgehead atoms.